The Morgan fingerprint density at radius 2 is 2.00 bits per heavy atom. The summed E-state index contributed by atoms with van der Waals surface area (Å²) in [6.45, 7) is 1.57. The van der Waals surface area contributed by atoms with Crippen molar-refractivity contribution in [2.24, 2.45) is 0 Å². The molecule has 0 saturated carbocycles. The number of fused-ring (bicyclic) bond motifs is 1. The summed E-state index contributed by atoms with van der Waals surface area (Å²) < 4.78 is 23.8. The molecule has 1 N–H and O–H groups in total. The largest absolute Gasteiger partial charge is 0.494 e. The van der Waals surface area contributed by atoms with Crippen LogP contribution in [0, 0.1) is 5.82 Å². The van der Waals surface area contributed by atoms with Crippen LogP contribution in [0.15, 0.2) is 47.3 Å². The number of nitrogens with one attached hydrogen (secondary N) is 1. The third-order valence-corrected chi connectivity index (χ3v) is 3.69. The number of nitrogens with zero attached hydrogens (tertiary/aromatic N) is 1. The van der Waals surface area contributed by atoms with Gasteiger partial charge in [-0.1, -0.05) is 12.1 Å². The van der Waals surface area contributed by atoms with Gasteiger partial charge in [-0.2, -0.15) is 0 Å². The zero-order chi connectivity index (χ0) is 18.0. The summed E-state index contributed by atoms with van der Waals surface area (Å²) >= 11 is 0. The van der Waals surface area contributed by atoms with Crippen molar-refractivity contribution in [3.63, 3.8) is 0 Å². The summed E-state index contributed by atoms with van der Waals surface area (Å²) in [7, 11) is 1.33. The molecule has 3 rings (SSSR count). The van der Waals surface area contributed by atoms with Crippen LogP contribution in [-0.4, -0.2) is 23.0 Å². The fourth-order valence-corrected chi connectivity index (χ4v) is 2.37. The van der Waals surface area contributed by atoms with E-state index < -0.39 is 17.9 Å². The first-order valence-corrected chi connectivity index (χ1v) is 7.53. The molecule has 2 aromatic carbocycles. The Kier molecular flexibility index (Phi) is 4.47. The van der Waals surface area contributed by atoms with E-state index in [1.165, 1.54) is 19.2 Å². The zero-order valence-electron chi connectivity index (χ0n) is 13.6. The number of para-hydroxylation sites is 1. The van der Waals surface area contributed by atoms with Gasteiger partial charge >= 0.3 is 5.97 Å². The topological polar surface area (TPSA) is 81.3 Å². The summed E-state index contributed by atoms with van der Waals surface area (Å²) in [6, 6.07) is 10.6. The van der Waals surface area contributed by atoms with E-state index in [1.807, 2.05) is 0 Å². The summed E-state index contributed by atoms with van der Waals surface area (Å²) in [5.74, 6) is -1.15. The van der Waals surface area contributed by atoms with Crippen LogP contribution in [0.5, 0.6) is 5.75 Å². The number of carbonyl (C=O) groups excluding carboxylic acids is 1. The van der Waals surface area contributed by atoms with Crippen molar-refractivity contribution in [2.75, 3.05) is 7.11 Å². The molecule has 0 radical (unpaired) electrons. The van der Waals surface area contributed by atoms with Crippen LogP contribution in [0.25, 0.3) is 10.9 Å². The number of ether oxygens (including phenoxy) is 2. The predicted molar refractivity (Wildman–Crippen MR) is 89.1 cm³/mol. The smallest absolute Gasteiger partial charge is 0.338 e. The lowest BCUT2D eigenvalue weighted by atomic mass is 10.2. The van der Waals surface area contributed by atoms with E-state index in [0.717, 1.165) is 6.07 Å². The van der Waals surface area contributed by atoms with Gasteiger partial charge in [-0.3, -0.25) is 4.79 Å². The standard InChI is InChI=1S/C18H15FN2O4/c1-10(16-20-14-6-4-3-5-12(14)17(22)21-16)25-18(23)11-7-8-15(24-2)13(19)9-11/h3-10H,1-2H3,(H,20,21,22)/t10-/m0/s1. The van der Waals surface area contributed by atoms with Crippen molar-refractivity contribution < 1.29 is 18.7 Å². The highest BCUT2D eigenvalue weighted by molar-refractivity contribution is 5.89. The third kappa shape index (κ3) is 3.35. The monoisotopic (exact) mass is 342 g/mol. The molecule has 0 saturated heterocycles. The fourth-order valence-electron chi connectivity index (χ4n) is 2.37. The first-order chi connectivity index (χ1) is 12.0. The molecular weight excluding hydrogens is 327 g/mol. The molecule has 128 valence electrons. The highest BCUT2D eigenvalue weighted by Gasteiger charge is 2.18. The summed E-state index contributed by atoms with van der Waals surface area (Å²) in [5.41, 5.74) is 0.215. The lowest BCUT2D eigenvalue weighted by Gasteiger charge is -2.13. The quantitative estimate of drug-likeness (QED) is 0.737. The maximum atomic E-state index is 13.7. The van der Waals surface area contributed by atoms with Crippen molar-refractivity contribution in [3.8, 4) is 5.75 Å². The fraction of sp³-hybridized carbons (Fsp3) is 0.167. The zero-order valence-corrected chi connectivity index (χ0v) is 13.6. The number of hydrogen-bond donors (Lipinski definition) is 1. The number of carbonyl (C=O) groups is 1. The van der Waals surface area contributed by atoms with Gasteiger partial charge in [0.15, 0.2) is 23.5 Å². The average Bonchev–Trinajstić information content (AvgIpc) is 2.61. The van der Waals surface area contributed by atoms with Gasteiger partial charge in [-0.05, 0) is 37.3 Å². The van der Waals surface area contributed by atoms with Gasteiger partial charge in [0.1, 0.15) is 0 Å². The molecule has 6 nitrogen and oxygen atoms in total. The number of rotatable bonds is 4. The van der Waals surface area contributed by atoms with Crippen LogP contribution >= 0.6 is 0 Å². The highest BCUT2D eigenvalue weighted by Crippen LogP contribution is 2.21. The van der Waals surface area contributed by atoms with E-state index in [-0.39, 0.29) is 22.7 Å². The molecule has 1 heterocycles. The maximum Gasteiger partial charge on any atom is 0.338 e. The van der Waals surface area contributed by atoms with Crippen LogP contribution in [0.4, 0.5) is 4.39 Å². The predicted octanol–water partition coefficient (Wildman–Crippen LogP) is 2.99. The first kappa shape index (κ1) is 16.6. The molecular formula is C18H15FN2O4. The molecule has 7 heteroatoms. The van der Waals surface area contributed by atoms with Crippen molar-refractivity contribution in [2.45, 2.75) is 13.0 Å². The number of H-pyrrole nitrogens is 1. The minimum atomic E-state index is -0.810. The van der Waals surface area contributed by atoms with E-state index in [4.69, 9.17) is 9.47 Å². The molecule has 0 aliphatic heterocycles. The van der Waals surface area contributed by atoms with Crippen LogP contribution in [-0.2, 0) is 4.74 Å². The van der Waals surface area contributed by atoms with Gasteiger partial charge in [0.25, 0.3) is 5.56 Å². The van der Waals surface area contributed by atoms with E-state index >= 15 is 0 Å². The van der Waals surface area contributed by atoms with Gasteiger partial charge in [0.2, 0.25) is 0 Å². The van der Waals surface area contributed by atoms with Gasteiger partial charge in [-0.15, -0.1) is 0 Å². The lowest BCUT2D eigenvalue weighted by molar-refractivity contribution is 0.0319. The summed E-state index contributed by atoms with van der Waals surface area (Å²) in [6.07, 6.45) is -0.810. The van der Waals surface area contributed by atoms with Crippen molar-refractivity contribution in [3.05, 3.63) is 70.0 Å². The number of halogens is 1. The molecule has 0 amide bonds. The Labute approximate surface area is 142 Å². The number of benzene rings is 2. The van der Waals surface area contributed by atoms with Gasteiger partial charge in [-0.25, -0.2) is 14.2 Å². The van der Waals surface area contributed by atoms with Gasteiger partial charge in [0, 0.05) is 0 Å². The van der Waals surface area contributed by atoms with Gasteiger partial charge in [0.05, 0.1) is 23.6 Å². The Morgan fingerprint density at radius 3 is 2.72 bits per heavy atom. The second-order valence-corrected chi connectivity index (χ2v) is 5.37. The molecule has 0 aliphatic rings. The SMILES string of the molecule is COc1ccc(C(=O)O[C@@H](C)c2nc3ccccc3c(=O)[nH]2)cc1F. The Morgan fingerprint density at radius 1 is 1.24 bits per heavy atom. The van der Waals surface area contributed by atoms with Crippen LogP contribution in [0.3, 0.4) is 0 Å². The minimum absolute atomic E-state index is 0.0325. The van der Waals surface area contributed by atoms with Crippen LogP contribution in [0.2, 0.25) is 0 Å². The lowest BCUT2D eigenvalue weighted by Crippen LogP contribution is -2.17. The van der Waals surface area contributed by atoms with Gasteiger partial charge < -0.3 is 14.5 Å². The number of aromatic amines is 1. The average molecular weight is 342 g/mol. The molecule has 0 spiro atoms. The van der Waals surface area contributed by atoms with E-state index in [1.54, 1.807) is 31.2 Å². The van der Waals surface area contributed by atoms with E-state index in [0.29, 0.717) is 10.9 Å². The molecule has 0 aliphatic carbocycles. The second-order valence-electron chi connectivity index (χ2n) is 5.37. The molecule has 1 aromatic heterocycles. The van der Waals surface area contributed by atoms with Crippen molar-refractivity contribution in [1.29, 1.82) is 0 Å². The van der Waals surface area contributed by atoms with E-state index in [9.17, 15) is 14.0 Å². The number of aromatic nitrogens is 2. The molecule has 0 bridgehead atoms. The number of methoxy groups -OCH3 is 1. The van der Waals surface area contributed by atoms with Crippen molar-refractivity contribution >= 4 is 16.9 Å². The number of hydrogen-bond acceptors (Lipinski definition) is 5. The molecule has 0 fully saturated rings. The molecule has 0 unspecified atom stereocenters. The first-order valence-electron chi connectivity index (χ1n) is 7.53. The number of esters is 1. The molecule has 3 aromatic rings. The molecule has 1 atom stereocenters. The Bertz CT molecular complexity index is 1000. The summed E-state index contributed by atoms with van der Waals surface area (Å²) in [5, 5.41) is 0.446. The van der Waals surface area contributed by atoms with Crippen LogP contribution in [0.1, 0.15) is 29.2 Å². The van der Waals surface area contributed by atoms with Crippen molar-refractivity contribution in [1.82, 2.24) is 9.97 Å². The highest BCUT2D eigenvalue weighted by atomic mass is 19.1. The van der Waals surface area contributed by atoms with E-state index in [2.05, 4.69) is 9.97 Å². The Hall–Kier alpha value is -3.22. The second kappa shape index (κ2) is 6.72. The third-order valence-electron chi connectivity index (χ3n) is 3.69. The normalized spacial score (nSPS) is 12.0. The molecule has 25 heavy (non-hydrogen) atoms. The maximum absolute atomic E-state index is 13.7. The Balaban J connectivity index is 1.84. The van der Waals surface area contributed by atoms with Crippen LogP contribution < -0.4 is 10.3 Å². The summed E-state index contributed by atoms with van der Waals surface area (Å²) in [4.78, 5) is 31.2. The minimum Gasteiger partial charge on any atom is -0.494 e.